The lowest BCUT2D eigenvalue weighted by Gasteiger charge is -2.12. The number of carbonyl (C=O) groups excluding carboxylic acids is 1. The number of benzene rings is 3. The van der Waals surface area contributed by atoms with Crippen molar-refractivity contribution in [1.82, 2.24) is 14.8 Å². The van der Waals surface area contributed by atoms with Gasteiger partial charge in [-0.05, 0) is 62.4 Å². The predicted molar refractivity (Wildman–Crippen MR) is 135 cm³/mol. The number of amides is 1. The van der Waals surface area contributed by atoms with Crippen LogP contribution in [0.3, 0.4) is 0 Å². The molecule has 4 aromatic rings. The van der Waals surface area contributed by atoms with Gasteiger partial charge >= 0.3 is 0 Å². The summed E-state index contributed by atoms with van der Waals surface area (Å²) in [5, 5.41) is 12.2. The average molecular weight is 523 g/mol. The van der Waals surface area contributed by atoms with Crippen molar-refractivity contribution in [3.63, 3.8) is 0 Å². The Morgan fingerprint density at radius 1 is 0.939 bits per heavy atom. The first-order valence-corrected chi connectivity index (χ1v) is 12.1. The zero-order valence-corrected chi connectivity index (χ0v) is 20.7. The van der Waals surface area contributed by atoms with Crippen LogP contribution in [0.25, 0.3) is 5.69 Å². The minimum absolute atomic E-state index is 0.113. The zero-order chi connectivity index (χ0) is 23.2. The number of aromatic nitrogens is 3. The number of nitrogens with one attached hydrogen (secondary N) is 1. The van der Waals surface area contributed by atoms with Crippen molar-refractivity contribution in [1.29, 1.82) is 0 Å². The lowest BCUT2D eigenvalue weighted by Crippen LogP contribution is -2.14. The highest BCUT2D eigenvalue weighted by atomic mass is 79.9. The van der Waals surface area contributed by atoms with Gasteiger partial charge in [-0.25, -0.2) is 0 Å². The summed E-state index contributed by atoms with van der Waals surface area (Å²) in [6.07, 6.45) is 0. The van der Waals surface area contributed by atoms with E-state index in [1.165, 1.54) is 17.3 Å². The smallest absolute Gasteiger partial charge is 0.234 e. The Morgan fingerprint density at radius 2 is 1.58 bits per heavy atom. The fourth-order valence-electron chi connectivity index (χ4n) is 3.08. The minimum atomic E-state index is -0.113. The topological polar surface area (TPSA) is 69.0 Å². The Hall–Kier alpha value is -3.10. The first-order valence-electron chi connectivity index (χ1n) is 10.4. The third-order valence-corrected chi connectivity index (χ3v) is 6.30. The van der Waals surface area contributed by atoms with E-state index in [4.69, 9.17) is 4.74 Å². The number of nitrogens with zero attached hydrogens (tertiary/aromatic N) is 3. The molecule has 1 amide bonds. The largest absolute Gasteiger partial charge is 0.486 e. The third-order valence-electron chi connectivity index (χ3n) is 4.84. The van der Waals surface area contributed by atoms with Crippen LogP contribution in [0.1, 0.15) is 17.0 Å². The van der Waals surface area contributed by atoms with Crippen molar-refractivity contribution in [3.8, 4) is 11.4 Å². The van der Waals surface area contributed by atoms with E-state index in [-0.39, 0.29) is 18.3 Å². The van der Waals surface area contributed by atoms with Crippen molar-refractivity contribution < 1.29 is 9.53 Å². The van der Waals surface area contributed by atoms with Crippen LogP contribution in [0.5, 0.6) is 5.75 Å². The lowest BCUT2D eigenvalue weighted by molar-refractivity contribution is -0.113. The SMILES string of the molecule is Cc1ccc(OCc2nnc(SCC(=O)Nc3ccc(Br)cc3)n2-c2ccc(C)cc2)cc1. The molecule has 0 fully saturated rings. The number of carbonyl (C=O) groups is 1. The van der Waals surface area contributed by atoms with Gasteiger partial charge in [0, 0.05) is 15.8 Å². The monoisotopic (exact) mass is 522 g/mol. The van der Waals surface area contributed by atoms with E-state index in [9.17, 15) is 4.79 Å². The van der Waals surface area contributed by atoms with E-state index in [2.05, 4.69) is 31.4 Å². The van der Waals surface area contributed by atoms with E-state index in [0.29, 0.717) is 11.0 Å². The maximum Gasteiger partial charge on any atom is 0.234 e. The van der Waals surface area contributed by atoms with Crippen LogP contribution in [-0.4, -0.2) is 26.4 Å². The molecule has 1 N–H and O–H groups in total. The molecule has 33 heavy (non-hydrogen) atoms. The summed E-state index contributed by atoms with van der Waals surface area (Å²) in [5.41, 5.74) is 4.00. The highest BCUT2D eigenvalue weighted by Crippen LogP contribution is 2.24. The molecule has 0 aliphatic rings. The van der Waals surface area contributed by atoms with Gasteiger partial charge in [0.2, 0.25) is 5.91 Å². The second-order valence-electron chi connectivity index (χ2n) is 7.52. The Kier molecular flexibility index (Phi) is 7.47. The van der Waals surface area contributed by atoms with Gasteiger partial charge in [0.25, 0.3) is 0 Å². The Balaban J connectivity index is 1.50. The summed E-state index contributed by atoms with van der Waals surface area (Å²) in [5.74, 6) is 1.52. The molecule has 0 unspecified atom stereocenters. The lowest BCUT2D eigenvalue weighted by atomic mass is 10.2. The zero-order valence-electron chi connectivity index (χ0n) is 18.3. The van der Waals surface area contributed by atoms with Crippen molar-refractivity contribution >= 4 is 39.3 Å². The van der Waals surface area contributed by atoms with Gasteiger partial charge in [-0.15, -0.1) is 10.2 Å². The number of anilines is 1. The number of ether oxygens (including phenoxy) is 1. The average Bonchev–Trinajstić information content (AvgIpc) is 3.22. The van der Waals surface area contributed by atoms with Crippen LogP contribution in [0.4, 0.5) is 5.69 Å². The molecule has 0 spiro atoms. The third kappa shape index (κ3) is 6.24. The number of hydrogen-bond donors (Lipinski definition) is 1. The normalized spacial score (nSPS) is 10.8. The van der Waals surface area contributed by atoms with Crippen molar-refractivity contribution in [2.45, 2.75) is 25.6 Å². The molecule has 0 atom stereocenters. The summed E-state index contributed by atoms with van der Waals surface area (Å²) in [6, 6.07) is 23.5. The van der Waals surface area contributed by atoms with Crippen LogP contribution in [0.2, 0.25) is 0 Å². The number of hydrogen-bond acceptors (Lipinski definition) is 5. The van der Waals surface area contributed by atoms with Crippen LogP contribution < -0.4 is 10.1 Å². The molecule has 0 bridgehead atoms. The van der Waals surface area contributed by atoms with Crippen molar-refractivity contribution in [3.05, 3.63) is 94.2 Å². The fourth-order valence-corrected chi connectivity index (χ4v) is 4.12. The maximum absolute atomic E-state index is 12.5. The van der Waals surface area contributed by atoms with E-state index in [0.717, 1.165) is 27.2 Å². The van der Waals surface area contributed by atoms with Crippen LogP contribution in [0.15, 0.2) is 82.4 Å². The Labute approximate surface area is 205 Å². The van der Waals surface area contributed by atoms with Crippen molar-refractivity contribution in [2.24, 2.45) is 0 Å². The summed E-state index contributed by atoms with van der Waals surface area (Å²) in [6.45, 7) is 4.34. The molecule has 1 heterocycles. The Morgan fingerprint density at radius 3 is 2.24 bits per heavy atom. The van der Waals surface area contributed by atoms with Crippen molar-refractivity contribution in [2.75, 3.05) is 11.1 Å². The molecule has 0 aliphatic heterocycles. The van der Waals surface area contributed by atoms with Gasteiger partial charge in [0.15, 0.2) is 11.0 Å². The molecule has 0 saturated carbocycles. The van der Waals surface area contributed by atoms with Gasteiger partial charge in [-0.3, -0.25) is 9.36 Å². The standard InChI is InChI=1S/C25H23BrN4O2S/c1-17-3-11-21(12-4-17)30-23(15-32-22-13-5-18(2)6-14-22)28-29-25(30)33-16-24(31)27-20-9-7-19(26)8-10-20/h3-14H,15-16H2,1-2H3,(H,27,31). The molecule has 0 saturated heterocycles. The van der Waals surface area contributed by atoms with Gasteiger partial charge < -0.3 is 10.1 Å². The summed E-state index contributed by atoms with van der Waals surface area (Å²) in [7, 11) is 0. The van der Waals surface area contributed by atoms with Crippen LogP contribution in [-0.2, 0) is 11.4 Å². The highest BCUT2D eigenvalue weighted by molar-refractivity contribution is 9.10. The molecule has 168 valence electrons. The second-order valence-corrected chi connectivity index (χ2v) is 9.37. The van der Waals surface area contributed by atoms with Gasteiger partial charge in [-0.2, -0.15) is 0 Å². The van der Waals surface area contributed by atoms with E-state index in [1.54, 1.807) is 0 Å². The Bertz CT molecular complexity index is 1220. The van der Waals surface area contributed by atoms with E-state index >= 15 is 0 Å². The molecule has 3 aromatic carbocycles. The quantitative estimate of drug-likeness (QED) is 0.289. The second kappa shape index (κ2) is 10.7. The summed E-state index contributed by atoms with van der Waals surface area (Å²) in [4.78, 5) is 12.5. The predicted octanol–water partition coefficient (Wildman–Crippen LogP) is 5.96. The maximum atomic E-state index is 12.5. The molecular formula is C25H23BrN4O2S. The molecule has 0 radical (unpaired) electrons. The van der Waals surface area contributed by atoms with E-state index < -0.39 is 0 Å². The van der Waals surface area contributed by atoms with Crippen LogP contribution in [0, 0.1) is 13.8 Å². The molecule has 6 nitrogen and oxygen atoms in total. The summed E-state index contributed by atoms with van der Waals surface area (Å²) < 4.78 is 8.84. The number of aryl methyl sites for hydroxylation is 2. The minimum Gasteiger partial charge on any atom is -0.486 e. The summed E-state index contributed by atoms with van der Waals surface area (Å²) >= 11 is 4.73. The molecule has 8 heteroatoms. The number of thioether (sulfide) groups is 1. The number of rotatable bonds is 8. The van der Waals surface area contributed by atoms with Gasteiger partial charge in [-0.1, -0.05) is 63.1 Å². The van der Waals surface area contributed by atoms with Crippen LogP contribution >= 0.6 is 27.7 Å². The number of halogens is 1. The highest BCUT2D eigenvalue weighted by Gasteiger charge is 2.17. The molecule has 4 rings (SSSR count). The molecular weight excluding hydrogens is 500 g/mol. The fraction of sp³-hybridized carbons (Fsp3) is 0.160. The first-order chi connectivity index (χ1) is 16.0. The van der Waals surface area contributed by atoms with Gasteiger partial charge in [0.1, 0.15) is 12.4 Å². The first kappa shape index (κ1) is 23.1. The molecule has 0 aliphatic carbocycles. The van der Waals surface area contributed by atoms with Gasteiger partial charge in [0.05, 0.1) is 5.75 Å². The van der Waals surface area contributed by atoms with E-state index in [1.807, 2.05) is 91.2 Å². The molecule has 1 aromatic heterocycles.